The summed E-state index contributed by atoms with van der Waals surface area (Å²) in [5.41, 5.74) is 1.82. The number of carbonyl (C=O) groups excluding carboxylic acids is 4. The number of nitrogens with zero attached hydrogens (tertiary/aromatic N) is 2. The normalized spacial score (nSPS) is 19.7. The van der Waals surface area contributed by atoms with E-state index in [1.807, 2.05) is 86.3 Å². The van der Waals surface area contributed by atoms with Crippen molar-refractivity contribution < 1.29 is 33.5 Å². The molecule has 0 bridgehead atoms. The van der Waals surface area contributed by atoms with E-state index in [0.29, 0.717) is 64.3 Å². The molecule has 2 fully saturated rings. The molecule has 13 heteroatoms. The minimum absolute atomic E-state index is 0.0312. The predicted molar refractivity (Wildman–Crippen MR) is 208 cm³/mol. The second-order valence-corrected chi connectivity index (χ2v) is 15.3. The Morgan fingerprint density at radius 3 is 1.85 bits per heavy atom. The molecule has 13 nitrogen and oxygen atoms in total. The third kappa shape index (κ3) is 13.8. The summed E-state index contributed by atoms with van der Waals surface area (Å²) in [6.07, 6.45) is 2.00. The Bertz CT molecular complexity index is 1530. The lowest BCUT2D eigenvalue weighted by atomic mass is 9.92. The number of aryl methyl sites for hydroxylation is 1. The lowest BCUT2D eigenvalue weighted by molar-refractivity contribution is -0.134. The molecule has 2 aromatic rings. The van der Waals surface area contributed by atoms with Gasteiger partial charge in [-0.1, -0.05) is 93.5 Å². The van der Waals surface area contributed by atoms with Gasteiger partial charge in [0.05, 0.1) is 32.4 Å². The maximum atomic E-state index is 14.2. The Morgan fingerprint density at radius 1 is 0.759 bits per heavy atom. The number of oxime groups is 1. The number of benzene rings is 2. The fraction of sp³-hybridized carbons (Fsp3) is 0.585. The average Bonchev–Trinajstić information content (AvgIpc) is 3.89. The third-order valence-corrected chi connectivity index (χ3v) is 9.61. The quantitative estimate of drug-likeness (QED) is 0.0861. The lowest BCUT2D eigenvalue weighted by Crippen LogP contribution is -2.59. The van der Waals surface area contributed by atoms with E-state index in [9.17, 15) is 19.2 Å². The Labute approximate surface area is 320 Å². The first-order valence-electron chi connectivity index (χ1n) is 19.2. The molecular weight excluding hydrogens is 688 g/mol. The molecule has 296 valence electrons. The summed E-state index contributed by atoms with van der Waals surface area (Å²) >= 11 is 0. The van der Waals surface area contributed by atoms with Gasteiger partial charge in [0.25, 0.3) is 0 Å². The Hall–Kier alpha value is -4.33. The molecule has 2 saturated heterocycles. The first kappa shape index (κ1) is 42.4. The summed E-state index contributed by atoms with van der Waals surface area (Å²) in [6.45, 7) is 12.9. The van der Waals surface area contributed by atoms with Crippen LogP contribution in [0, 0.1) is 11.8 Å². The number of nitrogens with one attached hydrogen (secondary N) is 4. The second kappa shape index (κ2) is 20.9. The van der Waals surface area contributed by atoms with Crippen molar-refractivity contribution in [3.8, 4) is 0 Å². The summed E-state index contributed by atoms with van der Waals surface area (Å²) in [5.74, 6) is -1.37. The van der Waals surface area contributed by atoms with E-state index >= 15 is 0 Å². The van der Waals surface area contributed by atoms with Crippen LogP contribution in [0.4, 0.5) is 0 Å². The van der Waals surface area contributed by atoms with E-state index in [4.69, 9.17) is 14.3 Å². The SMILES string of the molecule is CO/N=C(/C(CC(C)C)NC(=O)[C@H](Cc1ccccc1)NC(=O)C(CC(C)C)NC(=O)[C@H](CCc1ccccc1)NC(=O)CN1CCOCC1)[C@@]1(C)CO1. The molecule has 0 saturated carbocycles. The van der Waals surface area contributed by atoms with Crippen molar-refractivity contribution >= 4 is 29.3 Å². The highest BCUT2D eigenvalue weighted by atomic mass is 16.6. The molecule has 2 aromatic carbocycles. The summed E-state index contributed by atoms with van der Waals surface area (Å²) in [6, 6.07) is 15.9. The number of ether oxygens (including phenoxy) is 2. The molecule has 2 aliphatic heterocycles. The maximum Gasteiger partial charge on any atom is 0.243 e. The highest BCUT2D eigenvalue weighted by molar-refractivity contribution is 6.01. The average molecular weight is 749 g/mol. The van der Waals surface area contributed by atoms with Crippen LogP contribution in [0.5, 0.6) is 0 Å². The molecule has 0 spiro atoms. The predicted octanol–water partition coefficient (Wildman–Crippen LogP) is 3.02. The van der Waals surface area contributed by atoms with Gasteiger partial charge in [0, 0.05) is 19.5 Å². The molecule has 2 aliphatic rings. The van der Waals surface area contributed by atoms with Crippen molar-refractivity contribution in [1.29, 1.82) is 0 Å². The zero-order chi connectivity index (χ0) is 39.1. The number of carbonyl (C=O) groups is 4. The Morgan fingerprint density at radius 2 is 1.28 bits per heavy atom. The van der Waals surface area contributed by atoms with E-state index in [0.717, 1.165) is 11.1 Å². The van der Waals surface area contributed by atoms with E-state index in [-0.39, 0.29) is 30.7 Å². The van der Waals surface area contributed by atoms with Crippen LogP contribution >= 0.6 is 0 Å². The molecule has 4 amide bonds. The molecule has 0 aliphatic carbocycles. The van der Waals surface area contributed by atoms with Gasteiger partial charge < -0.3 is 35.6 Å². The van der Waals surface area contributed by atoms with Crippen molar-refractivity contribution in [3.63, 3.8) is 0 Å². The first-order valence-corrected chi connectivity index (χ1v) is 19.2. The number of morpholine rings is 1. The summed E-state index contributed by atoms with van der Waals surface area (Å²) in [7, 11) is 1.46. The molecule has 2 heterocycles. The number of rotatable bonds is 21. The van der Waals surface area contributed by atoms with Crippen molar-refractivity contribution in [3.05, 3.63) is 71.8 Å². The first-order chi connectivity index (χ1) is 25.9. The largest absolute Gasteiger partial charge is 0.399 e. The number of epoxide rings is 1. The van der Waals surface area contributed by atoms with Crippen LogP contribution in [0.15, 0.2) is 65.8 Å². The smallest absolute Gasteiger partial charge is 0.243 e. The Balaban J connectivity index is 1.54. The Kier molecular flexibility index (Phi) is 16.4. The third-order valence-electron chi connectivity index (χ3n) is 9.61. The van der Waals surface area contributed by atoms with Crippen LogP contribution in [-0.4, -0.2) is 111 Å². The van der Waals surface area contributed by atoms with Crippen LogP contribution in [0.25, 0.3) is 0 Å². The van der Waals surface area contributed by atoms with Gasteiger partial charge in [-0.3, -0.25) is 24.1 Å². The van der Waals surface area contributed by atoms with Crippen molar-refractivity contribution in [2.24, 2.45) is 17.0 Å². The molecule has 2 unspecified atom stereocenters. The van der Waals surface area contributed by atoms with Crippen molar-refractivity contribution in [2.75, 3.05) is 46.6 Å². The molecule has 0 aromatic heterocycles. The van der Waals surface area contributed by atoms with Gasteiger partial charge in [0.1, 0.15) is 36.5 Å². The zero-order valence-electron chi connectivity index (χ0n) is 32.8. The second-order valence-electron chi connectivity index (χ2n) is 15.3. The van der Waals surface area contributed by atoms with Gasteiger partial charge in [-0.15, -0.1) is 0 Å². The van der Waals surface area contributed by atoms with Crippen molar-refractivity contribution in [1.82, 2.24) is 26.2 Å². The van der Waals surface area contributed by atoms with Gasteiger partial charge in [-0.25, -0.2) is 0 Å². The van der Waals surface area contributed by atoms with E-state index in [1.54, 1.807) is 0 Å². The van der Waals surface area contributed by atoms with Crippen LogP contribution in [0.2, 0.25) is 0 Å². The molecule has 0 radical (unpaired) electrons. The lowest BCUT2D eigenvalue weighted by Gasteiger charge is -2.29. The summed E-state index contributed by atoms with van der Waals surface area (Å²) in [4.78, 5) is 62.8. The molecule has 4 rings (SSSR count). The highest BCUT2D eigenvalue weighted by Gasteiger charge is 2.49. The number of hydrogen-bond acceptors (Lipinski definition) is 9. The molecule has 4 N–H and O–H groups in total. The molecule has 5 atom stereocenters. The van der Waals surface area contributed by atoms with Crippen LogP contribution in [-0.2, 0) is 46.3 Å². The van der Waals surface area contributed by atoms with E-state index in [1.165, 1.54) is 7.11 Å². The molecular formula is C41H60N6O7. The number of hydrogen-bond donors (Lipinski definition) is 4. The molecule has 54 heavy (non-hydrogen) atoms. The van der Waals surface area contributed by atoms with Gasteiger partial charge in [-0.2, -0.15) is 0 Å². The minimum atomic E-state index is -0.972. The van der Waals surface area contributed by atoms with Gasteiger partial charge in [0.2, 0.25) is 23.6 Å². The van der Waals surface area contributed by atoms with Crippen molar-refractivity contribution in [2.45, 2.75) is 96.5 Å². The maximum absolute atomic E-state index is 14.2. The fourth-order valence-corrected chi connectivity index (χ4v) is 6.60. The zero-order valence-corrected chi connectivity index (χ0v) is 32.8. The van der Waals surface area contributed by atoms with Gasteiger partial charge in [-0.05, 0) is 55.6 Å². The topological polar surface area (TPSA) is 163 Å². The van der Waals surface area contributed by atoms with Gasteiger partial charge >= 0.3 is 0 Å². The van der Waals surface area contributed by atoms with E-state index < -0.39 is 47.5 Å². The monoisotopic (exact) mass is 748 g/mol. The van der Waals surface area contributed by atoms with Gasteiger partial charge in [0.15, 0.2) is 0 Å². The summed E-state index contributed by atoms with van der Waals surface area (Å²) in [5, 5.41) is 16.3. The van der Waals surface area contributed by atoms with E-state index in [2.05, 4.69) is 40.3 Å². The minimum Gasteiger partial charge on any atom is -0.399 e. The fourth-order valence-electron chi connectivity index (χ4n) is 6.60. The standard InChI is InChI=1S/C41H60N6O7/c1-28(2)23-33(37(46-52-6)41(5)27-54-41)43-40(51)35(25-31-15-11-8-12-16-31)45-39(50)34(24-29(3)4)44-38(49)32(18-17-30-13-9-7-10-14-30)42-36(48)26-47-19-21-53-22-20-47/h7-16,28-29,32-35H,17-27H2,1-6H3,(H,42,48)(H,43,51)(H,44,49)(H,45,50)/b46-37-/t32-,33?,34?,35-,41+/m0/s1. The highest BCUT2D eigenvalue weighted by Crippen LogP contribution is 2.31. The van der Waals surface area contributed by atoms with Crippen LogP contribution in [0.1, 0.15) is 65.0 Å². The summed E-state index contributed by atoms with van der Waals surface area (Å²) < 4.78 is 11.1. The van der Waals surface area contributed by atoms with Crippen LogP contribution < -0.4 is 21.3 Å². The van der Waals surface area contributed by atoms with Crippen LogP contribution in [0.3, 0.4) is 0 Å². The number of amides is 4.